The summed E-state index contributed by atoms with van der Waals surface area (Å²) in [6.07, 6.45) is 4.54. The minimum absolute atomic E-state index is 0.0795. The highest BCUT2D eigenvalue weighted by Gasteiger charge is 2.02. The Hall–Kier alpha value is -2.87. The van der Waals surface area contributed by atoms with Gasteiger partial charge < -0.3 is 5.32 Å². The lowest BCUT2D eigenvalue weighted by Gasteiger charge is -2.07. The first kappa shape index (κ1) is 17.9. The average Bonchev–Trinajstić information content (AvgIpc) is 2.65. The Kier molecular flexibility index (Phi) is 5.85. The van der Waals surface area contributed by atoms with Crippen LogP contribution in [0.2, 0.25) is 0 Å². The molecule has 0 radical (unpaired) electrons. The number of amides is 1. The number of carbonyl (C=O) groups excluding carboxylic acids is 1. The summed E-state index contributed by atoms with van der Waals surface area (Å²) in [5.74, 6) is 0.570. The summed E-state index contributed by atoms with van der Waals surface area (Å²) in [4.78, 5) is 12.1. The summed E-state index contributed by atoms with van der Waals surface area (Å²) in [5, 5.41) is 5.34. The highest BCUT2D eigenvalue weighted by molar-refractivity contribution is 5.92. The van der Waals surface area contributed by atoms with Gasteiger partial charge in [-0.05, 0) is 45.9 Å². The van der Waals surface area contributed by atoms with Gasteiger partial charge in [-0.1, -0.05) is 80.6 Å². The van der Waals surface area contributed by atoms with Gasteiger partial charge in [-0.2, -0.15) is 0 Å². The number of hydrogen-bond donors (Lipinski definition) is 1. The first-order valence-corrected chi connectivity index (χ1v) is 9.13. The zero-order valence-electron chi connectivity index (χ0n) is 15.4. The van der Waals surface area contributed by atoms with Crippen LogP contribution in [0.4, 0.5) is 0 Å². The molecular weight excluding hydrogens is 318 g/mol. The molecule has 132 valence electrons. The molecule has 0 aliphatic heterocycles. The highest BCUT2D eigenvalue weighted by Crippen LogP contribution is 2.18. The van der Waals surface area contributed by atoms with Gasteiger partial charge in [0.25, 0.3) is 0 Å². The molecule has 0 heterocycles. The van der Waals surface area contributed by atoms with Gasteiger partial charge >= 0.3 is 0 Å². The quantitative estimate of drug-likeness (QED) is 0.599. The Morgan fingerprint density at radius 1 is 0.962 bits per heavy atom. The zero-order valence-corrected chi connectivity index (χ0v) is 15.4. The molecule has 0 saturated heterocycles. The van der Waals surface area contributed by atoms with Crippen molar-refractivity contribution < 1.29 is 4.79 Å². The third kappa shape index (κ3) is 4.82. The fraction of sp³-hybridized carbons (Fsp3) is 0.208. The van der Waals surface area contributed by atoms with E-state index in [1.165, 1.54) is 16.3 Å². The summed E-state index contributed by atoms with van der Waals surface area (Å²) in [7, 11) is 0. The van der Waals surface area contributed by atoms with E-state index < -0.39 is 0 Å². The number of carbonyl (C=O) groups is 1. The predicted octanol–water partition coefficient (Wildman–Crippen LogP) is 5.37. The van der Waals surface area contributed by atoms with Gasteiger partial charge in [0.1, 0.15) is 0 Å². The summed E-state index contributed by atoms with van der Waals surface area (Å²) in [6, 6.07) is 22.8. The molecule has 2 heteroatoms. The SMILES string of the molecule is CC(C)Cc1ccc(C=CC(=O)NCc2cccc3ccccc23)cc1. The molecule has 0 saturated carbocycles. The van der Waals surface area contributed by atoms with Crippen molar-refractivity contribution in [2.45, 2.75) is 26.8 Å². The molecule has 2 nitrogen and oxygen atoms in total. The van der Waals surface area contributed by atoms with Crippen LogP contribution in [-0.4, -0.2) is 5.91 Å². The van der Waals surface area contributed by atoms with Crippen LogP contribution in [-0.2, 0) is 17.8 Å². The summed E-state index contributed by atoms with van der Waals surface area (Å²) in [6.45, 7) is 4.96. The summed E-state index contributed by atoms with van der Waals surface area (Å²) in [5.41, 5.74) is 3.50. The second kappa shape index (κ2) is 8.48. The van der Waals surface area contributed by atoms with Crippen LogP contribution in [0.3, 0.4) is 0 Å². The van der Waals surface area contributed by atoms with Gasteiger partial charge in [-0.3, -0.25) is 4.79 Å². The molecule has 26 heavy (non-hydrogen) atoms. The van der Waals surface area contributed by atoms with Crippen molar-refractivity contribution in [2.75, 3.05) is 0 Å². The lowest BCUT2D eigenvalue weighted by Crippen LogP contribution is -2.20. The van der Waals surface area contributed by atoms with E-state index in [1.807, 2.05) is 24.3 Å². The number of nitrogens with one attached hydrogen (secondary N) is 1. The van der Waals surface area contributed by atoms with Crippen molar-refractivity contribution in [2.24, 2.45) is 5.92 Å². The number of rotatable bonds is 6. The van der Waals surface area contributed by atoms with Crippen molar-refractivity contribution in [1.82, 2.24) is 5.32 Å². The average molecular weight is 343 g/mol. The standard InChI is InChI=1S/C24H25NO/c1-18(2)16-20-12-10-19(11-13-20)14-15-24(26)25-17-22-8-5-7-21-6-3-4-9-23(21)22/h3-15,18H,16-17H2,1-2H3,(H,25,26). The maximum Gasteiger partial charge on any atom is 0.244 e. The van der Waals surface area contributed by atoms with Gasteiger partial charge in [0.2, 0.25) is 5.91 Å². The fourth-order valence-corrected chi connectivity index (χ4v) is 3.10. The van der Waals surface area contributed by atoms with Crippen LogP contribution in [0.15, 0.2) is 72.8 Å². The molecule has 3 aromatic rings. The monoisotopic (exact) mass is 343 g/mol. The van der Waals surface area contributed by atoms with Crippen molar-refractivity contribution in [3.8, 4) is 0 Å². The van der Waals surface area contributed by atoms with Crippen LogP contribution in [0.25, 0.3) is 16.8 Å². The van der Waals surface area contributed by atoms with Gasteiger partial charge in [-0.25, -0.2) is 0 Å². The van der Waals surface area contributed by atoms with Crippen LogP contribution < -0.4 is 5.32 Å². The molecule has 0 spiro atoms. The van der Waals surface area contributed by atoms with E-state index in [2.05, 4.69) is 67.7 Å². The van der Waals surface area contributed by atoms with Gasteiger partial charge in [0.05, 0.1) is 0 Å². The van der Waals surface area contributed by atoms with Crippen molar-refractivity contribution in [3.05, 3.63) is 89.5 Å². The molecule has 0 aromatic heterocycles. The second-order valence-electron chi connectivity index (χ2n) is 7.03. The minimum Gasteiger partial charge on any atom is -0.348 e. The lowest BCUT2D eigenvalue weighted by atomic mass is 10.0. The molecule has 1 amide bonds. The Bertz CT molecular complexity index is 902. The largest absolute Gasteiger partial charge is 0.348 e. The van der Waals surface area contributed by atoms with E-state index >= 15 is 0 Å². The predicted molar refractivity (Wildman–Crippen MR) is 110 cm³/mol. The normalized spacial score (nSPS) is 11.3. The molecule has 0 aliphatic rings. The van der Waals surface area contributed by atoms with Crippen molar-refractivity contribution >= 4 is 22.8 Å². The third-order valence-electron chi connectivity index (χ3n) is 4.38. The first-order chi connectivity index (χ1) is 12.6. The minimum atomic E-state index is -0.0795. The Morgan fingerprint density at radius 2 is 1.69 bits per heavy atom. The summed E-state index contributed by atoms with van der Waals surface area (Å²) >= 11 is 0. The zero-order chi connectivity index (χ0) is 18.4. The van der Waals surface area contributed by atoms with Crippen LogP contribution in [0.5, 0.6) is 0 Å². The second-order valence-corrected chi connectivity index (χ2v) is 7.03. The van der Waals surface area contributed by atoms with E-state index in [0.717, 1.165) is 17.5 Å². The molecule has 0 aliphatic carbocycles. The number of hydrogen-bond acceptors (Lipinski definition) is 1. The van der Waals surface area contributed by atoms with Crippen molar-refractivity contribution in [1.29, 1.82) is 0 Å². The molecule has 0 fully saturated rings. The number of benzene rings is 3. The van der Waals surface area contributed by atoms with E-state index in [0.29, 0.717) is 12.5 Å². The Balaban J connectivity index is 1.59. The smallest absolute Gasteiger partial charge is 0.244 e. The van der Waals surface area contributed by atoms with Gasteiger partial charge in [-0.15, -0.1) is 0 Å². The molecule has 1 N–H and O–H groups in total. The fourth-order valence-electron chi connectivity index (χ4n) is 3.10. The Morgan fingerprint density at radius 3 is 2.46 bits per heavy atom. The Labute approximate surface area is 155 Å². The summed E-state index contributed by atoms with van der Waals surface area (Å²) < 4.78 is 0. The first-order valence-electron chi connectivity index (χ1n) is 9.13. The molecule has 0 unspecified atom stereocenters. The van der Waals surface area contributed by atoms with E-state index in [4.69, 9.17) is 0 Å². The third-order valence-corrected chi connectivity index (χ3v) is 4.38. The molecule has 0 bridgehead atoms. The van der Waals surface area contributed by atoms with E-state index in [1.54, 1.807) is 6.08 Å². The van der Waals surface area contributed by atoms with Crippen LogP contribution in [0, 0.1) is 5.92 Å². The maximum absolute atomic E-state index is 12.1. The van der Waals surface area contributed by atoms with Gasteiger partial charge in [0, 0.05) is 12.6 Å². The molecule has 3 rings (SSSR count). The van der Waals surface area contributed by atoms with Crippen molar-refractivity contribution in [3.63, 3.8) is 0 Å². The number of fused-ring (bicyclic) bond motifs is 1. The lowest BCUT2D eigenvalue weighted by molar-refractivity contribution is -0.116. The molecule has 0 atom stereocenters. The van der Waals surface area contributed by atoms with Crippen LogP contribution >= 0.6 is 0 Å². The molecule has 3 aromatic carbocycles. The topological polar surface area (TPSA) is 29.1 Å². The van der Waals surface area contributed by atoms with Gasteiger partial charge in [0.15, 0.2) is 0 Å². The maximum atomic E-state index is 12.1. The highest BCUT2D eigenvalue weighted by atomic mass is 16.1. The van der Waals surface area contributed by atoms with E-state index in [9.17, 15) is 4.79 Å². The van der Waals surface area contributed by atoms with E-state index in [-0.39, 0.29) is 5.91 Å². The molecular formula is C24H25NO. The van der Waals surface area contributed by atoms with Crippen LogP contribution in [0.1, 0.15) is 30.5 Å².